The summed E-state index contributed by atoms with van der Waals surface area (Å²) in [6, 6.07) is 0.774. The minimum absolute atomic E-state index is 0.774. The molecule has 0 radical (unpaired) electrons. The summed E-state index contributed by atoms with van der Waals surface area (Å²) in [6.45, 7) is 3.69. The van der Waals surface area contributed by atoms with Crippen molar-refractivity contribution in [1.29, 1.82) is 0 Å². The van der Waals surface area contributed by atoms with Crippen molar-refractivity contribution in [3.8, 4) is 0 Å². The van der Waals surface area contributed by atoms with E-state index in [0.717, 1.165) is 17.9 Å². The Balaban J connectivity index is 1.62. The fourth-order valence-corrected chi connectivity index (χ4v) is 2.85. The molecule has 0 aliphatic heterocycles. The lowest BCUT2D eigenvalue weighted by molar-refractivity contribution is 0.241. The van der Waals surface area contributed by atoms with Crippen LogP contribution < -0.4 is 5.32 Å². The maximum absolute atomic E-state index is 3.75. The Kier molecular flexibility index (Phi) is 3.86. The van der Waals surface area contributed by atoms with Gasteiger partial charge in [-0.15, -0.1) is 0 Å². The molecule has 1 atom stereocenters. The topological polar surface area (TPSA) is 12.0 Å². The molecule has 14 heavy (non-hydrogen) atoms. The van der Waals surface area contributed by atoms with E-state index in [1.165, 1.54) is 57.9 Å². The lowest BCUT2D eigenvalue weighted by atomic mass is 9.82. The minimum atomic E-state index is 0.774. The number of hydrogen-bond acceptors (Lipinski definition) is 1. The molecule has 1 N–H and O–H groups in total. The van der Waals surface area contributed by atoms with Gasteiger partial charge in [-0.1, -0.05) is 25.7 Å². The van der Waals surface area contributed by atoms with E-state index in [9.17, 15) is 0 Å². The molecule has 2 aliphatic rings. The highest BCUT2D eigenvalue weighted by atomic mass is 14.9. The normalized spacial score (nSPS) is 27.2. The molecule has 0 aromatic carbocycles. The molecular weight excluding hydrogens is 170 g/mol. The molecule has 2 aliphatic carbocycles. The van der Waals surface area contributed by atoms with Crippen LogP contribution in [0.1, 0.15) is 58.3 Å². The summed E-state index contributed by atoms with van der Waals surface area (Å²) in [5.74, 6) is 1.99. The Morgan fingerprint density at radius 2 is 1.71 bits per heavy atom. The largest absolute Gasteiger partial charge is 0.314 e. The summed E-state index contributed by atoms with van der Waals surface area (Å²) >= 11 is 0. The molecule has 1 nitrogen and oxygen atoms in total. The molecular formula is C13H25N. The van der Waals surface area contributed by atoms with E-state index < -0.39 is 0 Å². The van der Waals surface area contributed by atoms with Crippen LogP contribution in [0, 0.1) is 11.8 Å². The zero-order chi connectivity index (χ0) is 9.80. The van der Waals surface area contributed by atoms with Gasteiger partial charge in [-0.2, -0.15) is 0 Å². The van der Waals surface area contributed by atoms with E-state index in [0.29, 0.717) is 0 Å². The Hall–Kier alpha value is -0.0400. The molecule has 2 fully saturated rings. The van der Waals surface area contributed by atoms with E-state index >= 15 is 0 Å². The van der Waals surface area contributed by atoms with Crippen LogP contribution in [0.3, 0.4) is 0 Å². The van der Waals surface area contributed by atoms with Crippen LogP contribution in [0.25, 0.3) is 0 Å². The summed E-state index contributed by atoms with van der Waals surface area (Å²) < 4.78 is 0. The van der Waals surface area contributed by atoms with Crippen LogP contribution in [0.5, 0.6) is 0 Å². The van der Waals surface area contributed by atoms with Gasteiger partial charge in [0.2, 0.25) is 0 Å². The second-order valence-electron chi connectivity index (χ2n) is 5.39. The first-order valence-corrected chi connectivity index (χ1v) is 6.59. The van der Waals surface area contributed by atoms with E-state index in [2.05, 4.69) is 12.2 Å². The summed E-state index contributed by atoms with van der Waals surface area (Å²) in [4.78, 5) is 0. The summed E-state index contributed by atoms with van der Waals surface area (Å²) in [7, 11) is 0. The van der Waals surface area contributed by atoms with Gasteiger partial charge in [-0.05, 0) is 51.0 Å². The Morgan fingerprint density at radius 1 is 1.00 bits per heavy atom. The Morgan fingerprint density at radius 3 is 2.29 bits per heavy atom. The quantitative estimate of drug-likeness (QED) is 0.725. The predicted molar refractivity (Wildman–Crippen MR) is 61.4 cm³/mol. The van der Waals surface area contributed by atoms with Crippen molar-refractivity contribution < 1.29 is 0 Å². The average Bonchev–Trinajstić information content (AvgIpc) is 2.16. The first-order valence-electron chi connectivity index (χ1n) is 6.59. The molecule has 82 valence electrons. The number of rotatable bonds is 4. The lowest BCUT2D eigenvalue weighted by Gasteiger charge is -2.32. The van der Waals surface area contributed by atoms with Crippen LogP contribution in [0.15, 0.2) is 0 Å². The fraction of sp³-hybridized carbons (Fsp3) is 1.00. The van der Waals surface area contributed by atoms with Crippen molar-refractivity contribution in [1.82, 2.24) is 5.32 Å². The number of nitrogens with one attached hydrogen (secondary N) is 1. The summed E-state index contributed by atoms with van der Waals surface area (Å²) in [5, 5.41) is 3.75. The van der Waals surface area contributed by atoms with Gasteiger partial charge < -0.3 is 5.32 Å². The molecule has 0 saturated heterocycles. The van der Waals surface area contributed by atoms with Crippen molar-refractivity contribution in [2.24, 2.45) is 11.8 Å². The van der Waals surface area contributed by atoms with Crippen molar-refractivity contribution in [2.75, 3.05) is 6.54 Å². The first-order chi connectivity index (χ1) is 6.86. The Bertz CT molecular complexity index is 157. The van der Waals surface area contributed by atoms with Crippen LogP contribution in [0.2, 0.25) is 0 Å². The van der Waals surface area contributed by atoms with Crippen LogP contribution in [0.4, 0.5) is 0 Å². The van der Waals surface area contributed by atoms with E-state index in [4.69, 9.17) is 0 Å². The highest BCUT2D eigenvalue weighted by Crippen LogP contribution is 2.28. The molecule has 2 rings (SSSR count). The van der Waals surface area contributed by atoms with Gasteiger partial charge in [0.15, 0.2) is 0 Å². The van der Waals surface area contributed by atoms with Crippen molar-refractivity contribution >= 4 is 0 Å². The van der Waals surface area contributed by atoms with Gasteiger partial charge in [0, 0.05) is 6.04 Å². The summed E-state index contributed by atoms with van der Waals surface area (Å²) in [5.41, 5.74) is 0. The highest BCUT2D eigenvalue weighted by molar-refractivity contribution is 4.79. The van der Waals surface area contributed by atoms with Crippen molar-refractivity contribution in [2.45, 2.75) is 64.3 Å². The average molecular weight is 195 g/mol. The van der Waals surface area contributed by atoms with Gasteiger partial charge in [0.05, 0.1) is 0 Å². The van der Waals surface area contributed by atoms with Gasteiger partial charge in [0.25, 0.3) is 0 Å². The van der Waals surface area contributed by atoms with Crippen molar-refractivity contribution in [3.05, 3.63) is 0 Å². The molecule has 0 bridgehead atoms. The standard InChI is InChI=1S/C13H25N/c1-11(13-8-3-2-4-9-13)14-10-12-6-5-7-12/h11-14H,2-10H2,1H3/t11-/m0/s1. The molecule has 0 aromatic heterocycles. The van der Waals surface area contributed by atoms with Gasteiger partial charge in [0.1, 0.15) is 0 Å². The number of hydrogen-bond donors (Lipinski definition) is 1. The zero-order valence-electron chi connectivity index (χ0n) is 9.60. The van der Waals surface area contributed by atoms with Crippen LogP contribution >= 0.6 is 0 Å². The molecule has 0 amide bonds. The molecule has 0 spiro atoms. The molecule has 0 heterocycles. The maximum atomic E-state index is 3.75. The predicted octanol–water partition coefficient (Wildman–Crippen LogP) is 3.34. The molecule has 0 aromatic rings. The fourth-order valence-electron chi connectivity index (χ4n) is 2.85. The van der Waals surface area contributed by atoms with Gasteiger partial charge in [-0.25, -0.2) is 0 Å². The second kappa shape index (κ2) is 5.16. The summed E-state index contributed by atoms with van der Waals surface area (Å²) in [6.07, 6.45) is 11.8. The van der Waals surface area contributed by atoms with Gasteiger partial charge in [-0.3, -0.25) is 0 Å². The SMILES string of the molecule is C[C@H](NCC1CCC1)C1CCCCC1. The van der Waals surface area contributed by atoms with E-state index in [1.807, 2.05) is 0 Å². The Labute approximate surface area is 88.7 Å². The van der Waals surface area contributed by atoms with E-state index in [1.54, 1.807) is 0 Å². The van der Waals surface area contributed by atoms with Crippen LogP contribution in [-0.4, -0.2) is 12.6 Å². The lowest BCUT2D eigenvalue weighted by Crippen LogP contribution is -2.39. The third kappa shape index (κ3) is 2.73. The smallest absolute Gasteiger partial charge is 0.00671 e. The monoisotopic (exact) mass is 195 g/mol. The minimum Gasteiger partial charge on any atom is -0.314 e. The molecule has 2 saturated carbocycles. The van der Waals surface area contributed by atoms with E-state index in [-0.39, 0.29) is 0 Å². The third-order valence-corrected chi connectivity index (χ3v) is 4.31. The highest BCUT2D eigenvalue weighted by Gasteiger charge is 2.22. The van der Waals surface area contributed by atoms with Crippen molar-refractivity contribution in [3.63, 3.8) is 0 Å². The maximum Gasteiger partial charge on any atom is 0.00671 e. The van der Waals surface area contributed by atoms with Gasteiger partial charge >= 0.3 is 0 Å². The third-order valence-electron chi connectivity index (χ3n) is 4.31. The zero-order valence-corrected chi connectivity index (χ0v) is 9.60. The first kappa shape index (κ1) is 10.5. The second-order valence-corrected chi connectivity index (χ2v) is 5.39. The van der Waals surface area contributed by atoms with Crippen LogP contribution in [-0.2, 0) is 0 Å². The molecule has 0 unspecified atom stereocenters. The molecule has 1 heteroatoms.